The van der Waals surface area contributed by atoms with Crippen molar-refractivity contribution in [2.45, 2.75) is 59.3 Å². The van der Waals surface area contributed by atoms with Crippen LogP contribution in [0.5, 0.6) is 0 Å². The lowest BCUT2D eigenvalue weighted by Crippen LogP contribution is -2.54. The number of carbonyl (C=O) groups is 2. The highest BCUT2D eigenvalue weighted by atomic mass is 16.2. The summed E-state index contributed by atoms with van der Waals surface area (Å²) in [5.74, 6) is 1.23. The Balaban J connectivity index is 2.29. The molecule has 0 aromatic carbocycles. The molecule has 18 heavy (non-hydrogen) atoms. The maximum absolute atomic E-state index is 12.1. The van der Waals surface area contributed by atoms with Gasteiger partial charge in [0.25, 0.3) is 0 Å². The topological polar surface area (TPSA) is 46.2 Å². The normalized spacial score (nSPS) is 40.9. The molecule has 3 heteroatoms. The molecule has 0 aromatic rings. The van der Waals surface area contributed by atoms with E-state index in [-0.39, 0.29) is 23.1 Å². The summed E-state index contributed by atoms with van der Waals surface area (Å²) in [6, 6.07) is 0. The fourth-order valence-electron chi connectivity index (χ4n) is 4.47. The molecule has 1 saturated carbocycles. The summed E-state index contributed by atoms with van der Waals surface area (Å²) < 4.78 is 0. The number of imide groups is 1. The third kappa shape index (κ3) is 2.45. The lowest BCUT2D eigenvalue weighted by Gasteiger charge is -2.49. The van der Waals surface area contributed by atoms with E-state index in [9.17, 15) is 9.59 Å². The molecule has 2 fully saturated rings. The van der Waals surface area contributed by atoms with Crippen molar-refractivity contribution in [1.29, 1.82) is 0 Å². The average Bonchev–Trinajstić information content (AvgIpc) is 2.21. The van der Waals surface area contributed by atoms with Crippen molar-refractivity contribution in [3.8, 4) is 0 Å². The van der Waals surface area contributed by atoms with Crippen molar-refractivity contribution in [3.05, 3.63) is 0 Å². The third-order valence-corrected chi connectivity index (χ3v) is 4.72. The molecule has 1 saturated heterocycles. The van der Waals surface area contributed by atoms with Crippen molar-refractivity contribution in [1.82, 2.24) is 5.32 Å². The largest absolute Gasteiger partial charge is 0.296 e. The second kappa shape index (κ2) is 5.02. The van der Waals surface area contributed by atoms with Crippen LogP contribution in [0.2, 0.25) is 0 Å². The summed E-state index contributed by atoms with van der Waals surface area (Å²) in [5, 5.41) is 2.54. The van der Waals surface area contributed by atoms with Crippen molar-refractivity contribution >= 4 is 11.8 Å². The molecule has 2 rings (SSSR count). The molecular formula is C15H25NO2. The number of hydrogen-bond acceptors (Lipinski definition) is 2. The maximum Gasteiger partial charge on any atom is 0.230 e. The Labute approximate surface area is 110 Å². The minimum atomic E-state index is -0.0614. The van der Waals surface area contributed by atoms with E-state index in [0.717, 1.165) is 25.7 Å². The van der Waals surface area contributed by atoms with Crippen LogP contribution in [-0.2, 0) is 9.59 Å². The summed E-state index contributed by atoms with van der Waals surface area (Å²) in [7, 11) is 0. The lowest BCUT2D eigenvalue weighted by molar-refractivity contribution is -0.147. The van der Waals surface area contributed by atoms with Crippen LogP contribution in [0.1, 0.15) is 59.3 Å². The predicted octanol–water partition coefficient (Wildman–Crippen LogP) is 2.89. The zero-order valence-corrected chi connectivity index (χ0v) is 11.8. The molecule has 0 bridgehead atoms. The number of hydrogen-bond donors (Lipinski definition) is 1. The van der Waals surface area contributed by atoms with E-state index >= 15 is 0 Å². The number of rotatable bonds is 2. The fraction of sp³-hybridized carbons (Fsp3) is 0.867. The van der Waals surface area contributed by atoms with Crippen LogP contribution in [0.15, 0.2) is 0 Å². The van der Waals surface area contributed by atoms with E-state index in [4.69, 9.17) is 0 Å². The zero-order chi connectivity index (χ0) is 13.3. The van der Waals surface area contributed by atoms with Gasteiger partial charge >= 0.3 is 0 Å². The molecule has 1 N–H and O–H groups in total. The van der Waals surface area contributed by atoms with Crippen molar-refractivity contribution in [2.75, 3.05) is 0 Å². The zero-order valence-electron chi connectivity index (χ0n) is 11.8. The summed E-state index contributed by atoms with van der Waals surface area (Å²) in [5.41, 5.74) is -0.0491. The van der Waals surface area contributed by atoms with Gasteiger partial charge < -0.3 is 0 Å². The van der Waals surface area contributed by atoms with E-state index < -0.39 is 0 Å². The van der Waals surface area contributed by atoms with Crippen LogP contribution in [0.25, 0.3) is 0 Å². The lowest BCUT2D eigenvalue weighted by atomic mass is 9.56. The molecule has 3 atom stereocenters. The van der Waals surface area contributed by atoms with Crippen LogP contribution in [0, 0.1) is 23.2 Å². The first-order chi connectivity index (χ1) is 8.47. The van der Waals surface area contributed by atoms with Crippen LogP contribution < -0.4 is 5.32 Å². The Kier molecular flexibility index (Phi) is 3.79. The summed E-state index contributed by atoms with van der Waals surface area (Å²) >= 11 is 0. The molecule has 3 unspecified atom stereocenters. The number of nitrogens with one attached hydrogen (secondary N) is 1. The van der Waals surface area contributed by atoms with E-state index in [2.05, 4.69) is 26.1 Å². The Morgan fingerprint density at radius 3 is 2.39 bits per heavy atom. The van der Waals surface area contributed by atoms with E-state index in [1.54, 1.807) is 0 Å². The van der Waals surface area contributed by atoms with E-state index in [1.807, 2.05) is 0 Å². The highest BCUT2D eigenvalue weighted by Crippen LogP contribution is 2.52. The molecule has 1 spiro atoms. The van der Waals surface area contributed by atoms with Crippen LogP contribution in [-0.4, -0.2) is 11.8 Å². The number of carbonyl (C=O) groups excluding carboxylic acids is 2. The van der Waals surface area contributed by atoms with Crippen molar-refractivity contribution in [2.24, 2.45) is 23.2 Å². The summed E-state index contributed by atoms with van der Waals surface area (Å²) in [4.78, 5) is 23.9. The van der Waals surface area contributed by atoms with Gasteiger partial charge in [0, 0.05) is 12.3 Å². The van der Waals surface area contributed by atoms with Gasteiger partial charge in [0.1, 0.15) is 0 Å². The monoisotopic (exact) mass is 251 g/mol. The minimum absolute atomic E-state index is 0.0191. The van der Waals surface area contributed by atoms with Gasteiger partial charge in [0.15, 0.2) is 0 Å². The quantitative estimate of drug-likeness (QED) is 0.767. The van der Waals surface area contributed by atoms with E-state index in [0.29, 0.717) is 18.3 Å². The molecule has 0 radical (unpaired) electrons. The molecule has 2 amide bonds. The molecule has 102 valence electrons. The second-order valence-electron chi connectivity index (χ2n) is 6.65. The first-order valence-electron chi connectivity index (χ1n) is 7.30. The third-order valence-electron chi connectivity index (χ3n) is 4.72. The number of piperidine rings is 1. The molecule has 1 heterocycles. The van der Waals surface area contributed by atoms with E-state index in [1.165, 1.54) is 6.42 Å². The Morgan fingerprint density at radius 1 is 1.22 bits per heavy atom. The standard InChI is InChI=1S/C15H25NO2/c1-4-5-12-14(18)16-13(17)9-15(12)7-10(2)6-11(3)8-15/h10-12H,4-9H2,1-3H3,(H,16,17,18). The minimum Gasteiger partial charge on any atom is -0.296 e. The van der Waals surface area contributed by atoms with Gasteiger partial charge in [-0.15, -0.1) is 0 Å². The maximum atomic E-state index is 12.1. The first kappa shape index (κ1) is 13.6. The van der Waals surface area contributed by atoms with Gasteiger partial charge in [-0.3, -0.25) is 14.9 Å². The van der Waals surface area contributed by atoms with Crippen LogP contribution in [0.3, 0.4) is 0 Å². The molecule has 3 nitrogen and oxygen atoms in total. The highest BCUT2D eigenvalue weighted by molar-refractivity contribution is 5.99. The molecule has 0 aromatic heterocycles. The molecular weight excluding hydrogens is 226 g/mol. The van der Waals surface area contributed by atoms with Gasteiger partial charge in [-0.05, 0) is 42.9 Å². The predicted molar refractivity (Wildman–Crippen MR) is 70.8 cm³/mol. The Hall–Kier alpha value is -0.860. The SMILES string of the molecule is CCCC1C(=O)NC(=O)CC12CC(C)CC(C)C2. The average molecular weight is 251 g/mol. The summed E-state index contributed by atoms with van der Waals surface area (Å²) in [6.07, 6.45) is 5.80. The van der Waals surface area contributed by atoms with Crippen LogP contribution in [0.4, 0.5) is 0 Å². The molecule has 1 aliphatic carbocycles. The van der Waals surface area contributed by atoms with Crippen molar-refractivity contribution < 1.29 is 9.59 Å². The van der Waals surface area contributed by atoms with Gasteiger partial charge in [-0.25, -0.2) is 0 Å². The smallest absolute Gasteiger partial charge is 0.230 e. The molecule has 1 aliphatic heterocycles. The second-order valence-corrected chi connectivity index (χ2v) is 6.65. The fourth-order valence-corrected chi connectivity index (χ4v) is 4.47. The van der Waals surface area contributed by atoms with Crippen LogP contribution >= 0.6 is 0 Å². The Bertz CT molecular complexity index is 340. The molecule has 2 aliphatic rings. The summed E-state index contributed by atoms with van der Waals surface area (Å²) in [6.45, 7) is 6.64. The van der Waals surface area contributed by atoms with Crippen molar-refractivity contribution in [3.63, 3.8) is 0 Å². The Morgan fingerprint density at radius 2 is 1.83 bits per heavy atom. The number of amides is 2. The van der Waals surface area contributed by atoms with Gasteiger partial charge in [-0.1, -0.05) is 27.2 Å². The van der Waals surface area contributed by atoms with Gasteiger partial charge in [-0.2, -0.15) is 0 Å². The highest BCUT2D eigenvalue weighted by Gasteiger charge is 2.50. The first-order valence-corrected chi connectivity index (χ1v) is 7.30. The van der Waals surface area contributed by atoms with Gasteiger partial charge in [0.05, 0.1) is 0 Å². The van der Waals surface area contributed by atoms with Gasteiger partial charge in [0.2, 0.25) is 11.8 Å².